The van der Waals surface area contributed by atoms with Crippen LogP contribution in [0.15, 0.2) is 40.9 Å². The largest absolute Gasteiger partial charge is 0.495 e. The number of anilines is 1. The lowest BCUT2D eigenvalue weighted by atomic mass is 10.1. The molecule has 0 heterocycles. The van der Waals surface area contributed by atoms with Crippen molar-refractivity contribution in [2.45, 2.75) is 6.92 Å². The Hall–Kier alpha value is -2.32. The lowest BCUT2D eigenvalue weighted by Gasteiger charge is -2.13. The Morgan fingerprint density at radius 1 is 1.29 bits per heavy atom. The second-order valence-corrected chi connectivity index (χ2v) is 5.18. The molecule has 1 amide bonds. The fourth-order valence-electron chi connectivity index (χ4n) is 1.93. The lowest BCUT2D eigenvalue weighted by molar-refractivity contribution is 0.102. The first-order valence-electron chi connectivity index (χ1n) is 6.22. The number of nitriles is 1. The van der Waals surface area contributed by atoms with Gasteiger partial charge in [0, 0.05) is 4.47 Å². The Morgan fingerprint density at radius 3 is 2.67 bits per heavy atom. The lowest BCUT2D eigenvalue weighted by Crippen LogP contribution is -2.14. The van der Waals surface area contributed by atoms with Crippen molar-refractivity contribution in [2.75, 3.05) is 12.4 Å². The van der Waals surface area contributed by atoms with Gasteiger partial charge in [0.05, 0.1) is 18.2 Å². The Morgan fingerprint density at radius 2 is 2.00 bits per heavy atom. The summed E-state index contributed by atoms with van der Waals surface area (Å²) in [6.07, 6.45) is 0. The highest BCUT2D eigenvalue weighted by Crippen LogP contribution is 2.29. The van der Waals surface area contributed by atoms with Crippen molar-refractivity contribution in [3.05, 3.63) is 57.6 Å². The monoisotopic (exact) mass is 344 g/mol. The van der Waals surface area contributed by atoms with Gasteiger partial charge in [0.1, 0.15) is 17.5 Å². The Labute approximate surface area is 131 Å². The first kappa shape index (κ1) is 15.1. The molecule has 0 aromatic heterocycles. The number of aryl methyl sites for hydroxylation is 1. The number of halogens is 1. The third-order valence-corrected chi connectivity index (χ3v) is 4.09. The normalized spacial score (nSPS) is 9.81. The van der Waals surface area contributed by atoms with Crippen molar-refractivity contribution in [1.29, 1.82) is 5.26 Å². The van der Waals surface area contributed by atoms with E-state index >= 15 is 0 Å². The van der Waals surface area contributed by atoms with Crippen molar-refractivity contribution in [3.63, 3.8) is 0 Å². The second-order valence-electron chi connectivity index (χ2n) is 4.39. The summed E-state index contributed by atoms with van der Waals surface area (Å²) < 4.78 is 5.93. The molecule has 0 saturated carbocycles. The molecule has 106 valence electrons. The number of carbonyl (C=O) groups excluding carboxylic acids is 1. The van der Waals surface area contributed by atoms with Crippen LogP contribution in [0.2, 0.25) is 0 Å². The number of amides is 1. The van der Waals surface area contributed by atoms with Gasteiger partial charge in [0.2, 0.25) is 0 Å². The third kappa shape index (κ3) is 3.06. The second kappa shape index (κ2) is 6.42. The number of benzene rings is 2. The molecular formula is C16H13BrN2O2. The molecule has 0 fully saturated rings. The SMILES string of the molecule is COc1cccc(C#N)c1NC(=O)c1cccc(C)c1Br. The van der Waals surface area contributed by atoms with Gasteiger partial charge in [-0.25, -0.2) is 0 Å². The Balaban J connectivity index is 2.41. The van der Waals surface area contributed by atoms with Crippen molar-refractivity contribution in [1.82, 2.24) is 0 Å². The van der Waals surface area contributed by atoms with E-state index in [4.69, 9.17) is 10.00 Å². The first-order valence-corrected chi connectivity index (χ1v) is 7.01. The number of nitrogens with zero attached hydrogens (tertiary/aromatic N) is 1. The van der Waals surface area contributed by atoms with E-state index in [9.17, 15) is 4.79 Å². The molecule has 0 aliphatic rings. The smallest absolute Gasteiger partial charge is 0.256 e. The zero-order chi connectivity index (χ0) is 15.4. The molecule has 21 heavy (non-hydrogen) atoms. The van der Waals surface area contributed by atoms with E-state index in [0.717, 1.165) is 10.0 Å². The van der Waals surface area contributed by atoms with Crippen molar-refractivity contribution in [3.8, 4) is 11.8 Å². The first-order chi connectivity index (χ1) is 10.1. The summed E-state index contributed by atoms with van der Waals surface area (Å²) in [5.74, 6) is 0.151. The van der Waals surface area contributed by atoms with Crippen molar-refractivity contribution in [2.24, 2.45) is 0 Å². The average molecular weight is 345 g/mol. The predicted molar refractivity (Wildman–Crippen MR) is 84.5 cm³/mol. The summed E-state index contributed by atoms with van der Waals surface area (Å²) in [6, 6.07) is 12.5. The van der Waals surface area contributed by atoms with Gasteiger partial charge >= 0.3 is 0 Å². The fourth-order valence-corrected chi connectivity index (χ4v) is 2.37. The highest BCUT2D eigenvalue weighted by molar-refractivity contribution is 9.10. The number of hydrogen-bond acceptors (Lipinski definition) is 3. The summed E-state index contributed by atoms with van der Waals surface area (Å²) in [6.45, 7) is 1.91. The van der Waals surface area contributed by atoms with E-state index in [0.29, 0.717) is 22.6 Å². The molecule has 0 radical (unpaired) electrons. The van der Waals surface area contributed by atoms with Crippen molar-refractivity contribution >= 4 is 27.5 Å². The van der Waals surface area contributed by atoms with E-state index in [1.165, 1.54) is 7.11 Å². The summed E-state index contributed by atoms with van der Waals surface area (Å²) >= 11 is 3.41. The number of para-hydroxylation sites is 1. The Bertz CT molecular complexity index is 736. The molecular weight excluding hydrogens is 332 g/mol. The van der Waals surface area contributed by atoms with Crippen molar-refractivity contribution < 1.29 is 9.53 Å². The van der Waals surface area contributed by atoms with Crippen LogP contribution in [0.5, 0.6) is 5.75 Å². The van der Waals surface area contributed by atoms with Gasteiger partial charge in [-0.3, -0.25) is 4.79 Å². The van der Waals surface area contributed by atoms with Crippen LogP contribution in [0.25, 0.3) is 0 Å². The topological polar surface area (TPSA) is 62.1 Å². The molecule has 0 atom stereocenters. The molecule has 0 bridgehead atoms. The molecule has 1 N–H and O–H groups in total. The van der Waals surface area contributed by atoms with E-state index in [2.05, 4.69) is 21.2 Å². The van der Waals surface area contributed by atoms with E-state index in [1.54, 1.807) is 24.3 Å². The van der Waals surface area contributed by atoms with Crippen LogP contribution < -0.4 is 10.1 Å². The minimum Gasteiger partial charge on any atom is -0.495 e. The highest BCUT2D eigenvalue weighted by Gasteiger charge is 2.16. The molecule has 2 aromatic carbocycles. The van der Waals surface area contributed by atoms with Crippen LogP contribution in [0.4, 0.5) is 5.69 Å². The molecule has 2 rings (SSSR count). The Kier molecular flexibility index (Phi) is 4.61. The minimum absolute atomic E-state index is 0.299. The van der Waals surface area contributed by atoms with Gasteiger partial charge in [-0.2, -0.15) is 5.26 Å². The number of hydrogen-bond donors (Lipinski definition) is 1. The zero-order valence-electron chi connectivity index (χ0n) is 11.6. The molecule has 2 aromatic rings. The van der Waals surface area contributed by atoms with Crippen LogP contribution in [-0.2, 0) is 0 Å². The van der Waals surface area contributed by atoms with Gasteiger partial charge in [-0.1, -0.05) is 18.2 Å². The summed E-state index contributed by atoms with van der Waals surface area (Å²) in [5.41, 5.74) is 2.19. The van der Waals surface area contributed by atoms with Crippen LogP contribution in [-0.4, -0.2) is 13.0 Å². The maximum Gasteiger partial charge on any atom is 0.256 e. The third-order valence-electron chi connectivity index (χ3n) is 3.04. The molecule has 0 unspecified atom stereocenters. The van der Waals surface area contributed by atoms with Gasteiger partial charge in [0.25, 0.3) is 5.91 Å². The van der Waals surface area contributed by atoms with Crippen LogP contribution in [0.1, 0.15) is 21.5 Å². The van der Waals surface area contributed by atoms with Crippen LogP contribution in [0, 0.1) is 18.3 Å². The van der Waals surface area contributed by atoms with Gasteiger partial charge < -0.3 is 10.1 Å². The molecule has 5 heteroatoms. The van der Waals surface area contributed by atoms with Crippen LogP contribution in [0.3, 0.4) is 0 Å². The number of carbonyl (C=O) groups is 1. The van der Waals surface area contributed by atoms with E-state index in [1.807, 2.05) is 25.1 Å². The standard InChI is InChI=1S/C16H13BrN2O2/c1-10-5-3-7-12(14(10)17)16(20)19-15-11(9-18)6-4-8-13(15)21-2/h3-8H,1-2H3,(H,19,20). The molecule has 0 aliphatic carbocycles. The zero-order valence-corrected chi connectivity index (χ0v) is 13.2. The molecule has 4 nitrogen and oxygen atoms in total. The average Bonchev–Trinajstić information content (AvgIpc) is 2.50. The molecule has 0 aliphatic heterocycles. The van der Waals surface area contributed by atoms with Gasteiger partial charge in [-0.05, 0) is 46.6 Å². The van der Waals surface area contributed by atoms with E-state index < -0.39 is 0 Å². The predicted octanol–water partition coefficient (Wildman–Crippen LogP) is 3.89. The number of ether oxygens (including phenoxy) is 1. The van der Waals surface area contributed by atoms with Gasteiger partial charge in [0.15, 0.2) is 0 Å². The summed E-state index contributed by atoms with van der Waals surface area (Å²) in [7, 11) is 1.49. The molecule has 0 saturated heterocycles. The highest BCUT2D eigenvalue weighted by atomic mass is 79.9. The number of rotatable bonds is 3. The number of nitrogens with one attached hydrogen (secondary N) is 1. The minimum atomic E-state index is -0.299. The maximum absolute atomic E-state index is 12.4. The number of methoxy groups -OCH3 is 1. The van der Waals surface area contributed by atoms with Gasteiger partial charge in [-0.15, -0.1) is 0 Å². The summed E-state index contributed by atoms with van der Waals surface area (Å²) in [4.78, 5) is 12.4. The maximum atomic E-state index is 12.4. The van der Waals surface area contributed by atoms with Crippen LogP contribution >= 0.6 is 15.9 Å². The summed E-state index contributed by atoms with van der Waals surface area (Å²) in [5, 5.41) is 11.9. The fraction of sp³-hybridized carbons (Fsp3) is 0.125. The van der Waals surface area contributed by atoms with E-state index in [-0.39, 0.29) is 5.91 Å². The molecule has 0 spiro atoms. The quantitative estimate of drug-likeness (QED) is 0.918.